The molecule has 20 heavy (non-hydrogen) atoms. The Labute approximate surface area is 120 Å². The van der Waals surface area contributed by atoms with Crippen molar-refractivity contribution in [2.24, 2.45) is 0 Å². The van der Waals surface area contributed by atoms with E-state index < -0.39 is 10.0 Å². The standard InChI is InChI=1S/C13H23N3O3S/c1-13(2,3)15-4-6-16(7-5-15)20(18,19)12-8-11(10-17)14-9-12/h8-9,14,17H,4-7,10H2,1-3H3. The van der Waals surface area contributed by atoms with Crippen molar-refractivity contribution in [2.45, 2.75) is 37.8 Å². The summed E-state index contributed by atoms with van der Waals surface area (Å²) in [6, 6.07) is 1.49. The van der Waals surface area contributed by atoms with E-state index in [9.17, 15) is 8.42 Å². The zero-order valence-corrected chi connectivity index (χ0v) is 13.1. The van der Waals surface area contributed by atoms with E-state index in [1.807, 2.05) is 0 Å². The largest absolute Gasteiger partial charge is 0.390 e. The van der Waals surface area contributed by atoms with Crippen molar-refractivity contribution in [1.82, 2.24) is 14.2 Å². The minimum absolute atomic E-state index is 0.0635. The molecular weight excluding hydrogens is 278 g/mol. The molecule has 0 bridgehead atoms. The molecule has 1 aliphatic rings. The first-order valence-electron chi connectivity index (χ1n) is 6.78. The summed E-state index contributed by atoms with van der Waals surface area (Å²) >= 11 is 0. The number of nitrogens with one attached hydrogen (secondary N) is 1. The Bertz CT molecular complexity index is 552. The van der Waals surface area contributed by atoms with Crippen molar-refractivity contribution in [3.8, 4) is 0 Å². The maximum absolute atomic E-state index is 12.5. The van der Waals surface area contributed by atoms with Crippen LogP contribution >= 0.6 is 0 Å². The van der Waals surface area contributed by atoms with Gasteiger partial charge in [-0.1, -0.05) is 0 Å². The van der Waals surface area contributed by atoms with Gasteiger partial charge in [0.1, 0.15) is 0 Å². The van der Waals surface area contributed by atoms with E-state index in [-0.39, 0.29) is 17.0 Å². The zero-order chi connectivity index (χ0) is 15.0. The molecule has 2 heterocycles. The topological polar surface area (TPSA) is 76.6 Å². The van der Waals surface area contributed by atoms with Crippen molar-refractivity contribution >= 4 is 10.0 Å². The molecule has 7 heteroatoms. The lowest BCUT2D eigenvalue weighted by Crippen LogP contribution is -2.54. The Kier molecular flexibility index (Phi) is 4.24. The molecule has 1 saturated heterocycles. The minimum atomic E-state index is -3.46. The lowest BCUT2D eigenvalue weighted by Gasteiger charge is -2.41. The number of rotatable bonds is 3. The smallest absolute Gasteiger partial charge is 0.244 e. The lowest BCUT2D eigenvalue weighted by molar-refractivity contribution is 0.0922. The fourth-order valence-corrected chi connectivity index (χ4v) is 3.85. The predicted molar refractivity (Wildman–Crippen MR) is 76.8 cm³/mol. The number of nitrogens with zero attached hydrogens (tertiary/aromatic N) is 2. The summed E-state index contributed by atoms with van der Waals surface area (Å²) in [5.41, 5.74) is 0.575. The normalized spacial score (nSPS) is 19.4. The van der Waals surface area contributed by atoms with Gasteiger partial charge in [-0.2, -0.15) is 4.31 Å². The third kappa shape index (κ3) is 3.06. The summed E-state index contributed by atoms with van der Waals surface area (Å²) in [6.45, 7) is 8.69. The number of aromatic amines is 1. The Balaban J connectivity index is 2.09. The highest BCUT2D eigenvalue weighted by Gasteiger charge is 2.32. The molecule has 0 aromatic carbocycles. The molecule has 2 rings (SSSR count). The van der Waals surface area contributed by atoms with Crippen LogP contribution in [-0.2, 0) is 16.6 Å². The van der Waals surface area contributed by atoms with E-state index in [1.54, 1.807) is 0 Å². The molecule has 0 radical (unpaired) electrons. The third-order valence-electron chi connectivity index (χ3n) is 3.71. The molecule has 1 aromatic heterocycles. The summed E-state index contributed by atoms with van der Waals surface area (Å²) < 4.78 is 26.5. The zero-order valence-electron chi connectivity index (χ0n) is 12.3. The first kappa shape index (κ1) is 15.5. The Hall–Kier alpha value is -0.890. The number of sulfonamides is 1. The van der Waals surface area contributed by atoms with E-state index in [4.69, 9.17) is 5.11 Å². The van der Waals surface area contributed by atoms with Crippen LogP contribution in [0.5, 0.6) is 0 Å². The number of aliphatic hydroxyl groups excluding tert-OH is 1. The van der Waals surface area contributed by atoms with Crippen LogP contribution in [-0.4, -0.2) is 59.4 Å². The summed E-state index contributed by atoms with van der Waals surface area (Å²) in [5, 5.41) is 9.00. The monoisotopic (exact) mass is 301 g/mol. The Morgan fingerprint density at radius 1 is 1.25 bits per heavy atom. The maximum atomic E-state index is 12.5. The Morgan fingerprint density at radius 3 is 2.30 bits per heavy atom. The highest BCUT2D eigenvalue weighted by Crippen LogP contribution is 2.21. The van der Waals surface area contributed by atoms with Crippen LogP contribution < -0.4 is 0 Å². The highest BCUT2D eigenvalue weighted by molar-refractivity contribution is 7.89. The van der Waals surface area contributed by atoms with Crippen molar-refractivity contribution in [1.29, 1.82) is 0 Å². The molecule has 0 spiro atoms. The van der Waals surface area contributed by atoms with Gasteiger partial charge in [0.25, 0.3) is 0 Å². The van der Waals surface area contributed by atoms with Gasteiger partial charge < -0.3 is 10.1 Å². The van der Waals surface area contributed by atoms with Crippen molar-refractivity contribution in [3.05, 3.63) is 18.0 Å². The number of aromatic nitrogens is 1. The van der Waals surface area contributed by atoms with Gasteiger partial charge in [-0.3, -0.25) is 4.90 Å². The summed E-state index contributed by atoms with van der Waals surface area (Å²) in [4.78, 5) is 5.28. The summed E-state index contributed by atoms with van der Waals surface area (Å²) in [6.07, 6.45) is 1.44. The average Bonchev–Trinajstić information content (AvgIpc) is 2.87. The average molecular weight is 301 g/mol. The molecule has 0 amide bonds. The molecule has 0 aliphatic carbocycles. The van der Waals surface area contributed by atoms with E-state index >= 15 is 0 Å². The number of aliphatic hydroxyl groups is 1. The SMILES string of the molecule is CC(C)(C)N1CCN(S(=O)(=O)c2c[nH]c(CO)c2)CC1. The number of H-pyrrole nitrogens is 1. The maximum Gasteiger partial charge on any atom is 0.244 e. The second kappa shape index (κ2) is 5.48. The van der Waals surface area contributed by atoms with Gasteiger partial charge in [0.05, 0.1) is 11.5 Å². The molecular formula is C13H23N3O3S. The van der Waals surface area contributed by atoms with Crippen molar-refractivity contribution < 1.29 is 13.5 Å². The van der Waals surface area contributed by atoms with Crippen LogP contribution in [0.2, 0.25) is 0 Å². The summed E-state index contributed by atoms with van der Waals surface area (Å²) in [7, 11) is -3.46. The molecule has 0 saturated carbocycles. The molecule has 114 valence electrons. The van der Waals surface area contributed by atoms with Crippen LogP contribution in [0.4, 0.5) is 0 Å². The molecule has 1 fully saturated rings. The van der Waals surface area contributed by atoms with Crippen LogP contribution in [0.25, 0.3) is 0 Å². The Morgan fingerprint density at radius 2 is 1.85 bits per heavy atom. The predicted octanol–water partition coefficient (Wildman–Crippen LogP) is 0.612. The van der Waals surface area contributed by atoms with Crippen LogP contribution in [0.3, 0.4) is 0 Å². The highest BCUT2D eigenvalue weighted by atomic mass is 32.2. The first-order valence-corrected chi connectivity index (χ1v) is 8.22. The fourth-order valence-electron chi connectivity index (χ4n) is 2.41. The quantitative estimate of drug-likeness (QED) is 0.858. The second-order valence-electron chi connectivity index (χ2n) is 6.08. The molecule has 1 aliphatic heterocycles. The first-order chi connectivity index (χ1) is 9.25. The van der Waals surface area contributed by atoms with Crippen molar-refractivity contribution in [2.75, 3.05) is 26.2 Å². The van der Waals surface area contributed by atoms with Gasteiger partial charge in [-0.25, -0.2) is 8.42 Å². The molecule has 1 aromatic rings. The van der Waals surface area contributed by atoms with Crippen LogP contribution in [0, 0.1) is 0 Å². The third-order valence-corrected chi connectivity index (χ3v) is 5.59. The number of hydrogen-bond donors (Lipinski definition) is 2. The molecule has 0 unspecified atom stereocenters. The minimum Gasteiger partial charge on any atom is -0.390 e. The second-order valence-corrected chi connectivity index (χ2v) is 8.02. The molecule has 0 atom stereocenters. The van der Waals surface area contributed by atoms with Gasteiger partial charge in [-0.05, 0) is 26.8 Å². The van der Waals surface area contributed by atoms with Gasteiger partial charge in [0, 0.05) is 43.6 Å². The van der Waals surface area contributed by atoms with E-state index in [2.05, 4.69) is 30.7 Å². The van der Waals surface area contributed by atoms with Crippen LogP contribution in [0.15, 0.2) is 17.2 Å². The van der Waals surface area contributed by atoms with Gasteiger partial charge >= 0.3 is 0 Å². The van der Waals surface area contributed by atoms with Crippen LogP contribution in [0.1, 0.15) is 26.5 Å². The van der Waals surface area contributed by atoms with Gasteiger partial charge in [-0.15, -0.1) is 0 Å². The summed E-state index contributed by atoms with van der Waals surface area (Å²) in [5.74, 6) is 0. The van der Waals surface area contributed by atoms with E-state index in [0.717, 1.165) is 13.1 Å². The van der Waals surface area contributed by atoms with E-state index in [0.29, 0.717) is 18.8 Å². The van der Waals surface area contributed by atoms with Gasteiger partial charge in [0.2, 0.25) is 10.0 Å². The van der Waals surface area contributed by atoms with Crippen molar-refractivity contribution in [3.63, 3.8) is 0 Å². The van der Waals surface area contributed by atoms with E-state index in [1.165, 1.54) is 16.6 Å². The lowest BCUT2D eigenvalue weighted by atomic mass is 10.1. The number of piperazine rings is 1. The molecule has 2 N–H and O–H groups in total. The van der Waals surface area contributed by atoms with Gasteiger partial charge in [0.15, 0.2) is 0 Å². The fraction of sp³-hybridized carbons (Fsp3) is 0.692. The number of hydrogen-bond acceptors (Lipinski definition) is 4. The molecule has 6 nitrogen and oxygen atoms in total.